The standard InChI is InChI=1S/C31H58N2O2.C29H34O4.C26H29O3P.C24H23O4P/c1-28(2)20-24(21-29(3,4)32(28)34-26-15-11-9-12-16-26)19-25-22-30(5,6)33(31(7,8)23-25)35-27-17-13-10-14-18-27;1-16(2)10-23(25-13-18(4)11-19(5)28(25)31)24-12-17(3)8-9-26(24)33-29(32)22-14-20(6)27(30)21(7)15-22;1-16(2)21-7-9-24(10-8-21)27-30-28-25-19(5)11-17(3)13-22(25)15-23-14-18(4)12-20(6)26(23)29-30;1-4-18(25)15-26-19-13-16(2)24(17(3)14-19)28-29-23-12-8-6-10-21(23)20-9-5-7-11-22(20)27-29/h24-27H,9-23H2,1-8H3;8-9,11-16,23,30-31H,10H2,1-7H3;7-14,16H,15H2,1-6H3;5-14H,4,15H2,1-3H3. The number of fused-ring (bicyclic) bond motifs is 5. The molecule has 15 nitrogen and oxygen atoms in total. The van der Waals surface area contributed by atoms with E-state index in [1.807, 2.05) is 126 Å². The van der Waals surface area contributed by atoms with Crippen molar-refractivity contribution in [1.82, 2.24) is 10.1 Å². The molecule has 15 rings (SSSR count). The quantitative estimate of drug-likeness (QED) is 0.0396. The van der Waals surface area contributed by atoms with Gasteiger partial charge in [-0.25, -0.2) is 4.79 Å². The number of aromatic hydroxyl groups is 2. The number of aryl methyl sites for hydroxylation is 11. The molecule has 4 fully saturated rings. The zero-order valence-electron chi connectivity index (χ0n) is 80.6. The van der Waals surface area contributed by atoms with Crippen molar-refractivity contribution >= 4 is 34.0 Å². The van der Waals surface area contributed by atoms with Crippen LogP contribution >= 0.6 is 17.0 Å². The molecule has 2 saturated carbocycles. The molecular formula is C110H144N2O13P2. The van der Waals surface area contributed by atoms with Crippen LogP contribution in [0.5, 0.6) is 51.7 Å². The summed E-state index contributed by atoms with van der Waals surface area (Å²) in [5.74, 6) is 7.59. The van der Waals surface area contributed by atoms with E-state index in [1.54, 1.807) is 26.0 Å². The first kappa shape index (κ1) is 97.3. The van der Waals surface area contributed by atoms with Crippen molar-refractivity contribution in [3.8, 4) is 62.9 Å². The fraction of sp³-hybridized carbons (Fsp3) is 0.491. The largest absolute Gasteiger partial charge is 0.530 e. The molecule has 4 aliphatic heterocycles. The third kappa shape index (κ3) is 24.7. The summed E-state index contributed by atoms with van der Waals surface area (Å²) >= 11 is 0. The Bertz CT molecular complexity index is 5110. The van der Waals surface area contributed by atoms with Crippen LogP contribution in [0.4, 0.5) is 0 Å². The lowest BCUT2D eigenvalue weighted by molar-refractivity contribution is -0.320. The average molecular weight is 1760 g/mol. The summed E-state index contributed by atoms with van der Waals surface area (Å²) in [6, 6.07) is 50.0. The third-order valence-corrected chi connectivity index (χ3v) is 28.5. The highest BCUT2D eigenvalue weighted by Crippen LogP contribution is 2.55. The number of esters is 1. The fourth-order valence-corrected chi connectivity index (χ4v) is 23.6. The maximum atomic E-state index is 13.1. The van der Waals surface area contributed by atoms with Crippen molar-refractivity contribution < 1.29 is 61.6 Å². The second-order valence-electron chi connectivity index (χ2n) is 40.5. The van der Waals surface area contributed by atoms with Crippen LogP contribution in [0.3, 0.4) is 0 Å². The molecular weight excluding hydrogens is 1620 g/mol. The van der Waals surface area contributed by atoms with E-state index >= 15 is 0 Å². The Morgan fingerprint density at radius 2 is 0.969 bits per heavy atom. The molecule has 4 heterocycles. The van der Waals surface area contributed by atoms with Crippen LogP contribution in [0.15, 0.2) is 152 Å². The molecule has 9 aromatic carbocycles. The molecule has 0 amide bonds. The zero-order valence-corrected chi connectivity index (χ0v) is 82.4. The minimum Gasteiger partial charge on any atom is -0.507 e. The molecule has 2 unspecified atom stereocenters. The van der Waals surface area contributed by atoms with Crippen LogP contribution in [0.1, 0.15) is 310 Å². The lowest BCUT2D eigenvalue weighted by Crippen LogP contribution is -2.63. The number of carbonyl (C=O) groups is 2. The maximum absolute atomic E-state index is 13.1. The molecule has 127 heavy (non-hydrogen) atoms. The highest BCUT2D eigenvalue weighted by atomic mass is 31.2. The molecule has 17 heteroatoms. The molecule has 6 aliphatic rings. The van der Waals surface area contributed by atoms with Crippen molar-refractivity contribution in [2.24, 2.45) is 17.8 Å². The second kappa shape index (κ2) is 42.0. The van der Waals surface area contributed by atoms with Gasteiger partial charge in [0.25, 0.3) is 0 Å². The molecule has 2 saturated heterocycles. The number of phenolic OH excluding ortho intramolecular Hbond substituents is 2. The average Bonchev–Trinajstić information content (AvgIpc) is 0.763. The highest BCUT2D eigenvalue weighted by molar-refractivity contribution is 7.57. The predicted octanol–water partition coefficient (Wildman–Crippen LogP) is 28.9. The number of nitrogens with zero attached hydrogens (tertiary/aromatic N) is 2. The summed E-state index contributed by atoms with van der Waals surface area (Å²) < 4.78 is 43.2. The molecule has 2 N–H and O–H groups in total. The Kier molecular flexibility index (Phi) is 32.2. The van der Waals surface area contributed by atoms with E-state index in [2.05, 4.69) is 176 Å². The molecule has 0 radical (unpaired) electrons. The summed E-state index contributed by atoms with van der Waals surface area (Å²) in [7, 11) is -2.95. The molecule has 0 aromatic heterocycles. The van der Waals surface area contributed by atoms with Gasteiger partial charge in [0, 0.05) is 57.6 Å². The number of para-hydroxylation sites is 1. The van der Waals surface area contributed by atoms with Crippen LogP contribution in [0.2, 0.25) is 0 Å². The normalized spacial score (nSPS) is 18.3. The maximum Gasteiger partial charge on any atom is 0.530 e. The van der Waals surface area contributed by atoms with E-state index in [4.69, 9.17) is 41.8 Å². The number of hydrogen-bond donors (Lipinski definition) is 2. The Morgan fingerprint density at radius 3 is 1.48 bits per heavy atom. The monoisotopic (exact) mass is 1760 g/mol. The Balaban J connectivity index is 0.000000154. The lowest BCUT2D eigenvalue weighted by Gasteiger charge is -2.57. The van der Waals surface area contributed by atoms with Crippen LogP contribution in [-0.2, 0) is 20.9 Å². The van der Waals surface area contributed by atoms with Crippen molar-refractivity contribution in [3.05, 3.63) is 246 Å². The summed E-state index contributed by atoms with van der Waals surface area (Å²) in [5.41, 5.74) is 19.1. The van der Waals surface area contributed by atoms with E-state index in [9.17, 15) is 19.8 Å². The highest BCUT2D eigenvalue weighted by Gasteiger charge is 2.52. The second-order valence-corrected chi connectivity index (χ2v) is 42.9. The van der Waals surface area contributed by atoms with E-state index in [-0.39, 0.29) is 52.0 Å². The van der Waals surface area contributed by atoms with Crippen molar-refractivity contribution in [2.45, 2.75) is 328 Å². The number of carbonyl (C=O) groups excluding carboxylic acids is 2. The number of phenols is 2. The lowest BCUT2D eigenvalue weighted by atomic mass is 9.67. The van der Waals surface area contributed by atoms with Crippen LogP contribution in [0.25, 0.3) is 11.1 Å². The number of hydroxylamine groups is 4. The third-order valence-electron chi connectivity index (χ3n) is 26.0. The first-order chi connectivity index (χ1) is 60.1. The zero-order chi connectivity index (χ0) is 91.7. The van der Waals surface area contributed by atoms with E-state index in [0.717, 1.165) is 120 Å². The summed E-state index contributed by atoms with van der Waals surface area (Å²) in [4.78, 5) is 38.1. The van der Waals surface area contributed by atoms with Gasteiger partial charge < -0.3 is 42.3 Å². The van der Waals surface area contributed by atoms with Gasteiger partial charge in [0.15, 0.2) is 5.78 Å². The van der Waals surface area contributed by atoms with Crippen LogP contribution in [0, 0.1) is 93.9 Å². The van der Waals surface area contributed by atoms with Crippen molar-refractivity contribution in [2.75, 3.05) is 6.61 Å². The molecule has 2 atom stereocenters. The first-order valence-corrected chi connectivity index (χ1v) is 49.0. The summed E-state index contributed by atoms with van der Waals surface area (Å²) in [5, 5.41) is 26.9. The topological polar surface area (TPSA) is 164 Å². The fourth-order valence-electron chi connectivity index (χ4n) is 20.7. The SMILES string of the molecule is CC1(C)CC(CC2CC(C)(C)N(OC3CCCCC3)C(C)(C)C2)CC(C)(C)N1OC1CCCCC1.CCC(=O)COc1cc(C)c(OP2Oc3ccccc3-c3ccccc32)c(C)c1.Cc1cc(C)c2c(c1)Cc1cc(C)cc(C)c1OP(Oc1ccc(C(C)C)cc1)O2.Cc1ccc(OC(=O)c2cc(C)c(O)c(C)c2)c(C(CC(C)C)c2cc(C)cc(C)c2O)c1. The Hall–Kier alpha value is -8.78. The van der Waals surface area contributed by atoms with Gasteiger partial charge in [0.2, 0.25) is 0 Å². The van der Waals surface area contributed by atoms with Gasteiger partial charge in [-0.2, -0.15) is 10.1 Å². The number of hydrogen-bond acceptors (Lipinski definition) is 15. The van der Waals surface area contributed by atoms with Gasteiger partial charge in [-0.15, -0.1) is 0 Å². The van der Waals surface area contributed by atoms with Crippen LogP contribution < -0.4 is 37.4 Å². The minimum absolute atomic E-state index is 0.0787. The number of ketones is 1. The van der Waals surface area contributed by atoms with Gasteiger partial charge >= 0.3 is 22.9 Å². The number of benzene rings is 9. The molecule has 682 valence electrons. The van der Waals surface area contributed by atoms with Gasteiger partial charge in [-0.1, -0.05) is 192 Å². The Morgan fingerprint density at radius 1 is 0.488 bits per heavy atom. The summed E-state index contributed by atoms with van der Waals surface area (Å²) in [6.07, 6.45) is 22.2. The molecule has 0 bridgehead atoms. The van der Waals surface area contributed by atoms with E-state index < -0.39 is 22.9 Å². The first-order valence-electron chi connectivity index (χ1n) is 46.7. The van der Waals surface area contributed by atoms with Gasteiger partial charge in [0.05, 0.1) is 23.1 Å². The predicted molar refractivity (Wildman–Crippen MR) is 519 cm³/mol. The minimum atomic E-state index is -1.64. The van der Waals surface area contributed by atoms with Crippen LogP contribution in [-0.4, -0.2) is 73.1 Å². The van der Waals surface area contributed by atoms with E-state index in [1.165, 1.54) is 124 Å². The van der Waals surface area contributed by atoms with Gasteiger partial charge in [0.1, 0.15) is 58.4 Å². The van der Waals surface area contributed by atoms with Gasteiger partial charge in [-0.05, 0) is 335 Å². The number of piperidine rings is 2. The molecule has 0 spiro atoms. The Labute approximate surface area is 762 Å². The number of rotatable bonds is 21. The van der Waals surface area contributed by atoms with E-state index in [0.29, 0.717) is 58.7 Å². The number of ether oxygens (including phenoxy) is 2. The number of Topliss-reactive ketones (excluding diaryl/α,β-unsaturated/α-hetero) is 1. The van der Waals surface area contributed by atoms with Gasteiger partial charge in [-0.3, -0.25) is 14.5 Å². The summed E-state index contributed by atoms with van der Waals surface area (Å²) in [6.45, 7) is 51.9. The molecule has 2 aliphatic carbocycles. The van der Waals surface area contributed by atoms with Crippen molar-refractivity contribution in [1.29, 1.82) is 0 Å². The van der Waals surface area contributed by atoms with Crippen molar-refractivity contribution in [3.63, 3.8) is 0 Å². The smallest absolute Gasteiger partial charge is 0.507 e. The molecule has 9 aromatic rings.